The summed E-state index contributed by atoms with van der Waals surface area (Å²) in [7, 11) is 0. The van der Waals surface area contributed by atoms with Gasteiger partial charge in [-0.1, -0.05) is 6.42 Å². The Bertz CT molecular complexity index is 115. The molecule has 0 heterocycles. The summed E-state index contributed by atoms with van der Waals surface area (Å²) >= 11 is 2.83. The average molecular weight is 179 g/mol. The van der Waals surface area contributed by atoms with Crippen LogP contribution in [0, 0.1) is 12.5 Å². The second-order valence-electron chi connectivity index (χ2n) is 0.723. The molecule has 0 amide bonds. The summed E-state index contributed by atoms with van der Waals surface area (Å²) in [5.41, 5.74) is 0.0908. The van der Waals surface area contributed by atoms with Crippen LogP contribution in [0.5, 0.6) is 0 Å². The molecule has 0 saturated heterocycles. The molecular formula is C4H3BrO3. The standard InChI is InChI=1S/C4H3BrO3/c1-2-7-4(6)8-3-5/h1H,3H2. The molecule has 0 radical (unpaired) electrons. The molecule has 0 N–H and O–H groups in total. The van der Waals surface area contributed by atoms with E-state index in [2.05, 4.69) is 31.8 Å². The maximum atomic E-state index is 10.0. The lowest BCUT2D eigenvalue weighted by Crippen LogP contribution is -2.00. The first kappa shape index (κ1) is 7.31. The normalized spacial score (nSPS) is 7.00. The molecule has 0 aliphatic heterocycles. The Hall–Kier alpha value is -0.690. The lowest BCUT2D eigenvalue weighted by Gasteiger charge is -1.92. The van der Waals surface area contributed by atoms with Gasteiger partial charge in [-0.25, -0.2) is 4.79 Å². The van der Waals surface area contributed by atoms with Crippen LogP contribution in [0.4, 0.5) is 4.79 Å². The molecule has 44 valence electrons. The van der Waals surface area contributed by atoms with E-state index in [1.807, 2.05) is 0 Å². The monoisotopic (exact) mass is 178 g/mol. The third-order valence-electron chi connectivity index (χ3n) is 0.315. The van der Waals surface area contributed by atoms with Crippen LogP contribution in [-0.2, 0) is 9.47 Å². The zero-order valence-electron chi connectivity index (χ0n) is 3.89. The maximum Gasteiger partial charge on any atom is 0.523 e. The molecule has 0 bridgehead atoms. The van der Waals surface area contributed by atoms with Crippen LogP contribution in [0.25, 0.3) is 0 Å². The highest BCUT2D eigenvalue weighted by atomic mass is 79.9. The molecule has 0 rings (SSSR count). The van der Waals surface area contributed by atoms with Crippen LogP contribution in [0.15, 0.2) is 0 Å². The minimum absolute atomic E-state index is 0.0908. The molecule has 0 fully saturated rings. The van der Waals surface area contributed by atoms with Crippen molar-refractivity contribution in [3.63, 3.8) is 0 Å². The van der Waals surface area contributed by atoms with Gasteiger partial charge in [0.2, 0.25) is 0 Å². The Labute approximate surface area is 55.1 Å². The molecule has 0 saturated carbocycles. The Balaban J connectivity index is 3.23. The predicted octanol–water partition coefficient (Wildman–Crippen LogP) is 1.08. The molecular weight excluding hydrogens is 176 g/mol. The van der Waals surface area contributed by atoms with Crippen molar-refractivity contribution in [1.29, 1.82) is 0 Å². The van der Waals surface area contributed by atoms with Crippen LogP contribution in [0.2, 0.25) is 0 Å². The van der Waals surface area contributed by atoms with Gasteiger partial charge in [0.1, 0.15) is 11.6 Å². The lowest BCUT2D eigenvalue weighted by atomic mass is 11.2. The molecule has 3 nitrogen and oxygen atoms in total. The van der Waals surface area contributed by atoms with Crippen LogP contribution in [0.3, 0.4) is 0 Å². The third kappa shape index (κ3) is 3.50. The van der Waals surface area contributed by atoms with Gasteiger partial charge in [0, 0.05) is 0 Å². The van der Waals surface area contributed by atoms with E-state index in [1.54, 1.807) is 6.11 Å². The van der Waals surface area contributed by atoms with Gasteiger partial charge in [-0.05, 0) is 15.9 Å². The van der Waals surface area contributed by atoms with E-state index >= 15 is 0 Å². The van der Waals surface area contributed by atoms with Crippen LogP contribution < -0.4 is 0 Å². The number of carbonyl (C=O) groups excluding carboxylic acids is 1. The van der Waals surface area contributed by atoms with Gasteiger partial charge in [0.05, 0.1) is 0 Å². The highest BCUT2D eigenvalue weighted by molar-refractivity contribution is 9.09. The number of terminal acetylenes is 1. The van der Waals surface area contributed by atoms with E-state index in [4.69, 9.17) is 0 Å². The number of ether oxygens (including phenoxy) is 2. The first-order chi connectivity index (χ1) is 3.81. The summed E-state index contributed by atoms with van der Waals surface area (Å²) in [6.07, 6.45) is 5.36. The molecule has 0 spiro atoms. The highest BCUT2D eigenvalue weighted by Crippen LogP contribution is 1.86. The molecule has 8 heavy (non-hydrogen) atoms. The number of hydrogen-bond acceptors (Lipinski definition) is 3. The Kier molecular flexibility index (Phi) is 4.08. The molecule has 0 aliphatic rings. The van der Waals surface area contributed by atoms with Crippen molar-refractivity contribution in [1.82, 2.24) is 0 Å². The Morgan fingerprint density at radius 3 is 2.88 bits per heavy atom. The van der Waals surface area contributed by atoms with Gasteiger partial charge in [-0.3, -0.25) is 0 Å². The smallest absolute Gasteiger partial charge is 0.422 e. The molecule has 0 aromatic rings. The first-order valence-electron chi connectivity index (χ1n) is 1.66. The minimum Gasteiger partial charge on any atom is -0.422 e. The lowest BCUT2D eigenvalue weighted by molar-refractivity contribution is 0.108. The Morgan fingerprint density at radius 2 is 2.50 bits per heavy atom. The van der Waals surface area contributed by atoms with Gasteiger partial charge >= 0.3 is 6.16 Å². The van der Waals surface area contributed by atoms with Crippen LogP contribution >= 0.6 is 15.9 Å². The predicted molar refractivity (Wildman–Crippen MR) is 30.2 cm³/mol. The SMILES string of the molecule is C#COC(=O)OCBr. The fourth-order valence-corrected chi connectivity index (χ4v) is 0.309. The molecule has 0 aromatic heterocycles. The van der Waals surface area contributed by atoms with Gasteiger partial charge in [0.25, 0.3) is 0 Å². The van der Waals surface area contributed by atoms with Gasteiger partial charge in [0.15, 0.2) is 0 Å². The molecule has 0 aliphatic carbocycles. The van der Waals surface area contributed by atoms with E-state index < -0.39 is 6.16 Å². The van der Waals surface area contributed by atoms with Crippen molar-refractivity contribution in [3.05, 3.63) is 0 Å². The highest BCUT2D eigenvalue weighted by Gasteiger charge is 1.96. The van der Waals surface area contributed by atoms with Crippen molar-refractivity contribution < 1.29 is 14.3 Å². The molecule has 0 atom stereocenters. The largest absolute Gasteiger partial charge is 0.523 e. The summed E-state index contributed by atoms with van der Waals surface area (Å²) in [4.78, 5) is 10.0. The zero-order chi connectivity index (χ0) is 6.41. The number of halogens is 1. The summed E-state index contributed by atoms with van der Waals surface area (Å²) in [6, 6.07) is 0. The van der Waals surface area contributed by atoms with Gasteiger partial charge < -0.3 is 9.47 Å². The summed E-state index contributed by atoms with van der Waals surface area (Å²) in [6.45, 7) is 0. The van der Waals surface area contributed by atoms with E-state index in [9.17, 15) is 4.79 Å². The zero-order valence-corrected chi connectivity index (χ0v) is 5.47. The quantitative estimate of drug-likeness (QED) is 0.343. The van der Waals surface area contributed by atoms with Gasteiger partial charge in [-0.15, -0.1) is 0 Å². The van der Waals surface area contributed by atoms with Crippen molar-refractivity contribution >= 4 is 22.1 Å². The number of hydrogen-bond donors (Lipinski definition) is 0. The summed E-state index contributed by atoms with van der Waals surface area (Å²) in [5, 5.41) is 0. The van der Waals surface area contributed by atoms with Crippen molar-refractivity contribution in [2.24, 2.45) is 0 Å². The Morgan fingerprint density at radius 1 is 1.88 bits per heavy atom. The summed E-state index contributed by atoms with van der Waals surface area (Å²) < 4.78 is 8.11. The third-order valence-corrected chi connectivity index (χ3v) is 0.544. The second kappa shape index (κ2) is 4.47. The fraction of sp³-hybridized carbons (Fsp3) is 0.250. The molecule has 0 unspecified atom stereocenters. The fourth-order valence-electron chi connectivity index (χ4n) is 0.122. The van der Waals surface area contributed by atoms with E-state index in [0.29, 0.717) is 0 Å². The van der Waals surface area contributed by atoms with Crippen molar-refractivity contribution in [2.75, 3.05) is 5.52 Å². The summed E-state index contributed by atoms with van der Waals surface area (Å²) in [5.74, 6) is 0. The number of rotatable bonds is 1. The van der Waals surface area contributed by atoms with E-state index in [-0.39, 0.29) is 5.52 Å². The second-order valence-corrected chi connectivity index (χ2v) is 1.18. The topological polar surface area (TPSA) is 35.5 Å². The van der Waals surface area contributed by atoms with Crippen molar-refractivity contribution in [2.45, 2.75) is 0 Å². The minimum atomic E-state index is -0.871. The average Bonchev–Trinajstić information content (AvgIpc) is 1.68. The molecule has 0 aromatic carbocycles. The van der Waals surface area contributed by atoms with Gasteiger partial charge in [-0.2, -0.15) is 0 Å². The maximum absolute atomic E-state index is 10.0. The molecule has 4 heteroatoms. The van der Waals surface area contributed by atoms with Crippen molar-refractivity contribution in [3.8, 4) is 12.5 Å². The first-order valence-corrected chi connectivity index (χ1v) is 2.78. The number of carbonyl (C=O) groups is 1. The van der Waals surface area contributed by atoms with E-state index in [0.717, 1.165) is 0 Å². The van der Waals surface area contributed by atoms with Crippen LogP contribution in [-0.4, -0.2) is 11.7 Å². The number of alkyl halides is 1. The van der Waals surface area contributed by atoms with Crippen LogP contribution in [0.1, 0.15) is 0 Å². The van der Waals surface area contributed by atoms with E-state index in [1.165, 1.54) is 0 Å².